The van der Waals surface area contributed by atoms with Gasteiger partial charge in [-0.15, -0.1) is 0 Å². The summed E-state index contributed by atoms with van der Waals surface area (Å²) in [5, 5.41) is 0.597. The number of aryl methyl sites for hydroxylation is 1. The van der Waals surface area contributed by atoms with Gasteiger partial charge in [-0.25, -0.2) is 9.78 Å². The molecule has 3 aromatic rings. The fourth-order valence-electron chi connectivity index (χ4n) is 3.31. The number of nitrogens with one attached hydrogen (secondary N) is 1. The van der Waals surface area contributed by atoms with Gasteiger partial charge in [0.1, 0.15) is 5.82 Å². The number of hydrogen-bond acceptors (Lipinski definition) is 6. The van der Waals surface area contributed by atoms with E-state index in [1.807, 2.05) is 23.1 Å². The van der Waals surface area contributed by atoms with Crippen LogP contribution in [0.3, 0.4) is 0 Å². The van der Waals surface area contributed by atoms with Crippen molar-refractivity contribution >= 4 is 22.4 Å². The number of H-pyrrole nitrogens is 1. The quantitative estimate of drug-likeness (QED) is 0.664. The number of fused-ring (bicyclic) bond motifs is 1. The molecular formula is C18H20N6O3. The number of nitrogens with zero attached hydrogens (tertiary/aromatic N) is 5. The summed E-state index contributed by atoms with van der Waals surface area (Å²) < 4.78 is 2.51. The Morgan fingerprint density at radius 2 is 1.67 bits per heavy atom. The Bertz CT molecular complexity index is 1150. The van der Waals surface area contributed by atoms with Crippen LogP contribution in [0.1, 0.15) is 0 Å². The SMILES string of the molecule is Cn1cnc2cc(N3CCN(c4cc(=O)n(C)c(=O)[nH]4)CC3)ccc2c1=O. The molecule has 0 spiro atoms. The summed E-state index contributed by atoms with van der Waals surface area (Å²) in [4.78, 5) is 47.1. The minimum Gasteiger partial charge on any atom is -0.368 e. The predicted molar refractivity (Wildman–Crippen MR) is 104 cm³/mol. The Balaban J connectivity index is 1.55. The lowest BCUT2D eigenvalue weighted by atomic mass is 10.2. The fourth-order valence-corrected chi connectivity index (χ4v) is 3.31. The molecule has 2 aromatic heterocycles. The lowest BCUT2D eigenvalue weighted by Gasteiger charge is -2.37. The third kappa shape index (κ3) is 3.01. The first-order valence-electron chi connectivity index (χ1n) is 8.70. The molecule has 0 unspecified atom stereocenters. The number of hydrogen-bond donors (Lipinski definition) is 1. The van der Waals surface area contributed by atoms with Gasteiger partial charge in [0.25, 0.3) is 11.1 Å². The lowest BCUT2D eigenvalue weighted by Crippen LogP contribution is -2.48. The van der Waals surface area contributed by atoms with Gasteiger partial charge >= 0.3 is 5.69 Å². The summed E-state index contributed by atoms with van der Waals surface area (Å²) in [6.45, 7) is 2.80. The maximum atomic E-state index is 12.1. The van der Waals surface area contributed by atoms with E-state index in [9.17, 15) is 14.4 Å². The molecule has 1 aliphatic rings. The maximum absolute atomic E-state index is 12.1. The van der Waals surface area contributed by atoms with Gasteiger partial charge in [0.05, 0.1) is 17.2 Å². The summed E-state index contributed by atoms with van der Waals surface area (Å²) in [7, 11) is 3.13. The summed E-state index contributed by atoms with van der Waals surface area (Å²) in [6.07, 6.45) is 1.53. The molecule has 0 saturated carbocycles. The second-order valence-electron chi connectivity index (χ2n) is 6.69. The van der Waals surface area contributed by atoms with Crippen molar-refractivity contribution in [1.29, 1.82) is 0 Å². The van der Waals surface area contributed by atoms with Gasteiger partial charge < -0.3 is 14.4 Å². The van der Waals surface area contributed by atoms with Crippen LogP contribution in [0.15, 0.2) is 45.0 Å². The van der Waals surface area contributed by atoms with E-state index >= 15 is 0 Å². The van der Waals surface area contributed by atoms with Crippen molar-refractivity contribution in [3.8, 4) is 0 Å². The van der Waals surface area contributed by atoms with E-state index in [0.29, 0.717) is 29.8 Å². The zero-order chi connectivity index (χ0) is 19.1. The Labute approximate surface area is 154 Å². The van der Waals surface area contributed by atoms with Crippen molar-refractivity contribution in [2.24, 2.45) is 14.1 Å². The van der Waals surface area contributed by atoms with E-state index < -0.39 is 5.69 Å². The van der Waals surface area contributed by atoms with Gasteiger partial charge in [0.15, 0.2) is 0 Å². The maximum Gasteiger partial charge on any atom is 0.329 e. The van der Waals surface area contributed by atoms with Crippen molar-refractivity contribution in [2.45, 2.75) is 0 Å². The second-order valence-corrected chi connectivity index (χ2v) is 6.69. The zero-order valence-electron chi connectivity index (χ0n) is 15.2. The highest BCUT2D eigenvalue weighted by Gasteiger charge is 2.19. The number of aromatic amines is 1. The van der Waals surface area contributed by atoms with Gasteiger partial charge in [-0.1, -0.05) is 0 Å². The minimum atomic E-state index is -0.415. The summed E-state index contributed by atoms with van der Waals surface area (Å²) >= 11 is 0. The summed E-state index contributed by atoms with van der Waals surface area (Å²) in [5.41, 5.74) is 0.876. The normalized spacial score (nSPS) is 14.7. The largest absolute Gasteiger partial charge is 0.368 e. The molecule has 0 bridgehead atoms. The zero-order valence-corrected chi connectivity index (χ0v) is 15.2. The van der Waals surface area contributed by atoms with E-state index in [4.69, 9.17) is 0 Å². The molecule has 9 nitrogen and oxygen atoms in total. The average molecular weight is 368 g/mol. The first kappa shape index (κ1) is 17.1. The number of piperazine rings is 1. The Hall–Kier alpha value is -3.36. The van der Waals surface area contributed by atoms with Crippen molar-refractivity contribution in [3.05, 3.63) is 61.8 Å². The smallest absolute Gasteiger partial charge is 0.329 e. The van der Waals surface area contributed by atoms with Gasteiger partial charge in [0, 0.05) is 52.0 Å². The Morgan fingerprint density at radius 1 is 0.963 bits per heavy atom. The highest BCUT2D eigenvalue weighted by Crippen LogP contribution is 2.21. The topological polar surface area (TPSA) is 96.2 Å². The molecule has 1 saturated heterocycles. The van der Waals surface area contributed by atoms with Crippen LogP contribution in [0, 0.1) is 0 Å². The molecule has 27 heavy (non-hydrogen) atoms. The molecule has 3 heterocycles. The molecule has 0 atom stereocenters. The van der Waals surface area contributed by atoms with Gasteiger partial charge in [0.2, 0.25) is 0 Å². The Morgan fingerprint density at radius 3 is 2.37 bits per heavy atom. The molecular weight excluding hydrogens is 348 g/mol. The summed E-state index contributed by atoms with van der Waals surface area (Å²) in [5.74, 6) is 0.548. The fraction of sp³-hybridized carbons (Fsp3) is 0.333. The standard InChI is InChI=1S/C18H20N6O3/c1-21-11-19-14-9-12(3-4-13(14)17(21)26)23-5-7-24(8-6-23)15-10-16(25)22(2)18(27)20-15/h3-4,9-11H,5-8H2,1-2H3,(H,20,27). The molecule has 0 aliphatic carbocycles. The molecule has 1 N–H and O–H groups in total. The van der Waals surface area contributed by atoms with E-state index in [-0.39, 0.29) is 11.1 Å². The molecule has 9 heteroatoms. The first-order chi connectivity index (χ1) is 12.9. The summed E-state index contributed by atoms with van der Waals surface area (Å²) in [6, 6.07) is 7.12. The van der Waals surface area contributed by atoms with Crippen LogP contribution in [-0.2, 0) is 14.1 Å². The number of rotatable bonds is 2. The highest BCUT2D eigenvalue weighted by atomic mass is 16.2. The third-order valence-corrected chi connectivity index (χ3v) is 5.02. The van der Waals surface area contributed by atoms with E-state index in [1.165, 1.54) is 24.0 Å². The third-order valence-electron chi connectivity index (χ3n) is 5.02. The molecule has 140 valence electrons. The second kappa shape index (κ2) is 6.42. The average Bonchev–Trinajstić information content (AvgIpc) is 2.68. The lowest BCUT2D eigenvalue weighted by molar-refractivity contribution is 0.640. The van der Waals surface area contributed by atoms with Crippen LogP contribution >= 0.6 is 0 Å². The van der Waals surface area contributed by atoms with Crippen molar-refractivity contribution in [2.75, 3.05) is 36.0 Å². The van der Waals surface area contributed by atoms with Gasteiger partial charge in [-0.2, -0.15) is 0 Å². The van der Waals surface area contributed by atoms with Crippen molar-refractivity contribution in [3.63, 3.8) is 0 Å². The van der Waals surface area contributed by atoms with Gasteiger partial charge in [-0.3, -0.25) is 19.1 Å². The number of aromatic nitrogens is 4. The molecule has 1 aromatic carbocycles. The van der Waals surface area contributed by atoms with Crippen LogP contribution in [-0.4, -0.2) is 45.3 Å². The molecule has 4 rings (SSSR count). The monoisotopic (exact) mass is 368 g/mol. The molecule has 0 amide bonds. The predicted octanol–water partition coefficient (Wildman–Crippen LogP) is -0.353. The van der Waals surface area contributed by atoms with Crippen molar-refractivity contribution < 1.29 is 0 Å². The van der Waals surface area contributed by atoms with E-state index in [2.05, 4.69) is 14.9 Å². The molecule has 1 fully saturated rings. The van der Waals surface area contributed by atoms with E-state index in [1.54, 1.807) is 7.05 Å². The molecule has 1 aliphatic heterocycles. The van der Waals surface area contributed by atoms with Crippen molar-refractivity contribution in [1.82, 2.24) is 19.1 Å². The van der Waals surface area contributed by atoms with E-state index in [0.717, 1.165) is 23.3 Å². The molecule has 0 radical (unpaired) electrons. The van der Waals surface area contributed by atoms with Crippen LogP contribution < -0.4 is 26.6 Å². The minimum absolute atomic E-state index is 0.0639. The van der Waals surface area contributed by atoms with Crippen LogP contribution in [0.25, 0.3) is 10.9 Å². The van der Waals surface area contributed by atoms with Crippen LogP contribution in [0.4, 0.5) is 11.5 Å². The number of benzene rings is 1. The van der Waals surface area contributed by atoms with Crippen LogP contribution in [0.2, 0.25) is 0 Å². The van der Waals surface area contributed by atoms with Crippen LogP contribution in [0.5, 0.6) is 0 Å². The first-order valence-corrected chi connectivity index (χ1v) is 8.70. The Kier molecular flexibility index (Phi) is 4.06. The van der Waals surface area contributed by atoms with Gasteiger partial charge in [-0.05, 0) is 18.2 Å². The highest BCUT2D eigenvalue weighted by molar-refractivity contribution is 5.81. The number of anilines is 2.